The lowest BCUT2D eigenvalue weighted by molar-refractivity contribution is -0.384. The molecule has 0 fully saturated rings. The van der Waals surface area contributed by atoms with Crippen molar-refractivity contribution in [1.82, 2.24) is 20.2 Å². The molecule has 0 atom stereocenters. The fourth-order valence-electron chi connectivity index (χ4n) is 2.12. The summed E-state index contributed by atoms with van der Waals surface area (Å²) in [4.78, 5) is 23.7. The largest absolute Gasteiger partial charge is 0.325 e. The van der Waals surface area contributed by atoms with Gasteiger partial charge in [0.2, 0.25) is 11.1 Å². The number of rotatable bonds is 7. The number of hydrogen-bond donors (Lipinski definition) is 1. The fourth-order valence-corrected chi connectivity index (χ4v) is 3.49. The predicted molar refractivity (Wildman–Crippen MR) is 98.4 cm³/mol. The van der Waals surface area contributed by atoms with Gasteiger partial charge < -0.3 is 5.32 Å². The summed E-state index contributed by atoms with van der Waals surface area (Å²) in [5.74, 6) is -0.197. The number of nitrogens with zero attached hydrogens (tertiary/aromatic N) is 5. The summed E-state index contributed by atoms with van der Waals surface area (Å²) in [7, 11) is 0. The van der Waals surface area contributed by atoms with Crippen LogP contribution in [0.25, 0.3) is 0 Å². The first kappa shape index (κ1) is 18.0. The van der Waals surface area contributed by atoms with E-state index < -0.39 is 4.92 Å². The number of nitro benzene ring substituents is 1. The Balaban J connectivity index is 1.61. The first-order valence-electron chi connectivity index (χ1n) is 7.49. The molecule has 2 aromatic heterocycles. The minimum Gasteiger partial charge on any atom is -0.325 e. The zero-order valence-corrected chi connectivity index (χ0v) is 15.3. The van der Waals surface area contributed by atoms with Crippen molar-refractivity contribution in [1.29, 1.82) is 0 Å². The van der Waals surface area contributed by atoms with Gasteiger partial charge in [-0.05, 0) is 34.4 Å². The Kier molecular flexibility index (Phi) is 5.58. The van der Waals surface area contributed by atoms with E-state index in [2.05, 4.69) is 20.8 Å². The molecule has 0 aliphatic carbocycles. The molecule has 1 amide bonds. The first-order chi connectivity index (χ1) is 12.5. The van der Waals surface area contributed by atoms with Crippen molar-refractivity contribution < 1.29 is 9.72 Å². The molecule has 0 unspecified atom stereocenters. The van der Waals surface area contributed by atoms with Gasteiger partial charge in [0.1, 0.15) is 0 Å². The number of carbonyl (C=O) groups excluding carboxylic acids is 1. The molecule has 1 N–H and O–H groups in total. The zero-order valence-electron chi connectivity index (χ0n) is 13.7. The van der Waals surface area contributed by atoms with Crippen LogP contribution in [-0.4, -0.2) is 36.8 Å². The predicted octanol–water partition coefficient (Wildman–Crippen LogP) is 2.73. The number of non-ortho nitro benzene ring substituents is 1. The monoisotopic (exact) mass is 390 g/mol. The molecule has 0 aliphatic rings. The van der Waals surface area contributed by atoms with Gasteiger partial charge >= 0.3 is 0 Å². The van der Waals surface area contributed by atoms with E-state index in [1.165, 1.54) is 23.9 Å². The van der Waals surface area contributed by atoms with Crippen molar-refractivity contribution in [3.05, 3.63) is 56.3 Å². The van der Waals surface area contributed by atoms with Crippen LogP contribution in [0.4, 0.5) is 11.4 Å². The van der Waals surface area contributed by atoms with Gasteiger partial charge in [0.25, 0.3) is 5.69 Å². The van der Waals surface area contributed by atoms with E-state index in [0.29, 0.717) is 17.4 Å². The quantitative estimate of drug-likeness (QED) is 0.374. The van der Waals surface area contributed by atoms with E-state index in [0.717, 1.165) is 10.4 Å². The number of thioether (sulfide) groups is 1. The normalized spacial score (nSPS) is 10.7. The van der Waals surface area contributed by atoms with Gasteiger partial charge in [-0.1, -0.05) is 23.9 Å². The lowest BCUT2D eigenvalue weighted by Crippen LogP contribution is -2.15. The van der Waals surface area contributed by atoms with Crippen molar-refractivity contribution in [2.75, 3.05) is 11.1 Å². The zero-order chi connectivity index (χ0) is 18.5. The SMILES string of the molecule is Cc1ccc([N+](=O)[O-])cc1NC(=O)CSc1nnnn1Cc1cccs1. The smallest absolute Gasteiger partial charge is 0.271 e. The summed E-state index contributed by atoms with van der Waals surface area (Å²) in [5, 5.41) is 27.6. The van der Waals surface area contributed by atoms with E-state index in [-0.39, 0.29) is 17.3 Å². The Morgan fingerprint density at radius 1 is 1.42 bits per heavy atom. The van der Waals surface area contributed by atoms with Crippen molar-refractivity contribution in [2.45, 2.75) is 18.6 Å². The van der Waals surface area contributed by atoms with Crippen molar-refractivity contribution in [3.63, 3.8) is 0 Å². The molecule has 11 heteroatoms. The molecule has 134 valence electrons. The number of nitro groups is 1. The first-order valence-corrected chi connectivity index (χ1v) is 9.35. The minimum absolute atomic E-state index is 0.0709. The maximum Gasteiger partial charge on any atom is 0.271 e. The van der Waals surface area contributed by atoms with Gasteiger partial charge in [-0.2, -0.15) is 0 Å². The van der Waals surface area contributed by atoms with Gasteiger partial charge in [0.15, 0.2) is 0 Å². The molecular formula is C15H14N6O3S2. The standard InChI is InChI=1S/C15H14N6O3S2/c1-10-4-5-11(21(23)24)7-13(10)16-14(22)9-26-15-17-18-19-20(15)8-12-3-2-6-25-12/h2-7H,8-9H2,1H3,(H,16,22). The van der Waals surface area contributed by atoms with Crippen LogP contribution in [0, 0.1) is 17.0 Å². The van der Waals surface area contributed by atoms with Crippen LogP contribution in [0.2, 0.25) is 0 Å². The van der Waals surface area contributed by atoms with E-state index in [4.69, 9.17) is 0 Å². The second kappa shape index (κ2) is 8.06. The fraction of sp³-hybridized carbons (Fsp3) is 0.200. The number of carbonyl (C=O) groups is 1. The molecule has 9 nitrogen and oxygen atoms in total. The third-order valence-corrected chi connectivity index (χ3v) is 5.24. The lowest BCUT2D eigenvalue weighted by Gasteiger charge is -2.08. The second-order valence-electron chi connectivity index (χ2n) is 5.29. The molecule has 0 radical (unpaired) electrons. The molecule has 0 spiro atoms. The van der Waals surface area contributed by atoms with Crippen molar-refractivity contribution >= 4 is 40.4 Å². The Labute approximate surface area is 156 Å². The number of hydrogen-bond acceptors (Lipinski definition) is 8. The summed E-state index contributed by atoms with van der Waals surface area (Å²) >= 11 is 2.81. The average molecular weight is 390 g/mol. The van der Waals surface area contributed by atoms with Crippen molar-refractivity contribution in [2.24, 2.45) is 0 Å². The molecule has 26 heavy (non-hydrogen) atoms. The van der Waals surface area contributed by atoms with Gasteiger partial charge in [-0.15, -0.1) is 16.4 Å². The number of tetrazole rings is 1. The van der Waals surface area contributed by atoms with Crippen LogP contribution >= 0.6 is 23.1 Å². The number of aromatic nitrogens is 4. The minimum atomic E-state index is -0.497. The van der Waals surface area contributed by atoms with E-state index in [9.17, 15) is 14.9 Å². The van der Waals surface area contributed by atoms with Gasteiger partial charge in [-0.3, -0.25) is 14.9 Å². The Hall–Kier alpha value is -2.79. The molecule has 0 aliphatic heterocycles. The molecule has 3 aromatic rings. The topological polar surface area (TPSA) is 116 Å². The van der Waals surface area contributed by atoms with Crippen LogP contribution in [0.5, 0.6) is 0 Å². The third kappa shape index (κ3) is 4.43. The van der Waals surface area contributed by atoms with Gasteiger partial charge in [0.05, 0.1) is 22.9 Å². The highest BCUT2D eigenvalue weighted by atomic mass is 32.2. The number of benzene rings is 1. The third-order valence-electron chi connectivity index (χ3n) is 3.42. The molecule has 2 heterocycles. The molecule has 0 saturated heterocycles. The number of thiophene rings is 1. The van der Waals surface area contributed by atoms with E-state index >= 15 is 0 Å². The lowest BCUT2D eigenvalue weighted by atomic mass is 10.2. The molecule has 0 bridgehead atoms. The number of aryl methyl sites for hydroxylation is 1. The summed E-state index contributed by atoms with van der Waals surface area (Å²) < 4.78 is 1.63. The summed E-state index contributed by atoms with van der Waals surface area (Å²) in [6.45, 7) is 2.31. The van der Waals surface area contributed by atoms with Gasteiger partial charge in [-0.25, -0.2) is 4.68 Å². The highest BCUT2D eigenvalue weighted by Gasteiger charge is 2.14. The summed E-state index contributed by atoms with van der Waals surface area (Å²) in [6, 6.07) is 8.28. The second-order valence-corrected chi connectivity index (χ2v) is 7.27. The highest BCUT2D eigenvalue weighted by molar-refractivity contribution is 7.99. The number of anilines is 1. The maximum absolute atomic E-state index is 12.2. The van der Waals surface area contributed by atoms with Crippen LogP contribution in [-0.2, 0) is 11.3 Å². The Bertz CT molecular complexity index is 925. The van der Waals surface area contributed by atoms with Crippen LogP contribution in [0.15, 0.2) is 40.9 Å². The highest BCUT2D eigenvalue weighted by Crippen LogP contribution is 2.23. The summed E-state index contributed by atoms with van der Waals surface area (Å²) in [5.41, 5.74) is 1.10. The molecular weight excluding hydrogens is 376 g/mol. The molecule has 1 aromatic carbocycles. The Morgan fingerprint density at radius 2 is 2.27 bits per heavy atom. The summed E-state index contributed by atoms with van der Waals surface area (Å²) in [6.07, 6.45) is 0. The van der Waals surface area contributed by atoms with E-state index in [1.807, 2.05) is 17.5 Å². The number of nitrogens with one attached hydrogen (secondary N) is 1. The van der Waals surface area contributed by atoms with Crippen LogP contribution in [0.1, 0.15) is 10.4 Å². The molecule has 0 saturated carbocycles. The van der Waals surface area contributed by atoms with Crippen LogP contribution in [0.3, 0.4) is 0 Å². The average Bonchev–Trinajstić information content (AvgIpc) is 3.27. The van der Waals surface area contributed by atoms with Crippen LogP contribution < -0.4 is 5.32 Å². The maximum atomic E-state index is 12.2. The number of amides is 1. The molecule has 3 rings (SSSR count). The van der Waals surface area contributed by atoms with E-state index in [1.54, 1.807) is 29.0 Å². The van der Waals surface area contributed by atoms with Gasteiger partial charge in [0, 0.05) is 17.0 Å². The van der Waals surface area contributed by atoms with Crippen molar-refractivity contribution in [3.8, 4) is 0 Å². The Morgan fingerprint density at radius 3 is 3.00 bits per heavy atom.